The van der Waals surface area contributed by atoms with Crippen LogP contribution >= 0.6 is 31.9 Å². The number of nitrogens with one attached hydrogen (secondary N) is 1. The van der Waals surface area contributed by atoms with Gasteiger partial charge in [0.15, 0.2) is 0 Å². The number of ether oxygens (including phenoxy) is 1. The Hall–Kier alpha value is -2.91. The van der Waals surface area contributed by atoms with Crippen LogP contribution in [0, 0.1) is 0 Å². The van der Waals surface area contributed by atoms with Gasteiger partial charge < -0.3 is 4.74 Å². The molecule has 0 saturated heterocycles. The molecule has 4 rings (SSSR count). The molecule has 0 aliphatic rings. The summed E-state index contributed by atoms with van der Waals surface area (Å²) in [6.07, 6.45) is -2.14. The molecule has 0 saturated carbocycles. The van der Waals surface area contributed by atoms with E-state index < -0.39 is 11.7 Å². The molecule has 0 amide bonds. The summed E-state index contributed by atoms with van der Waals surface area (Å²) < 4.78 is 45.4. The van der Waals surface area contributed by atoms with Crippen molar-refractivity contribution < 1.29 is 17.9 Å². The fourth-order valence-corrected chi connectivity index (χ4v) is 4.61. The standard InChI is InChI=1S/C24H16Br2F3N3O/c25-20-10-15(12-31-32-22-9-8-18(13-30-22)24(27,28)29)11-21(26)23(20)33-14-17-6-3-5-16-4-1-2-7-19(16)17/h1-13H,14H2,(H,30,32)/b31-12-. The molecule has 0 bridgehead atoms. The molecule has 4 aromatic rings. The Morgan fingerprint density at radius 1 is 0.970 bits per heavy atom. The fourth-order valence-electron chi connectivity index (χ4n) is 3.16. The van der Waals surface area contributed by atoms with Crippen molar-refractivity contribution in [2.75, 3.05) is 5.43 Å². The third kappa shape index (κ3) is 5.72. The van der Waals surface area contributed by atoms with Crippen molar-refractivity contribution in [2.24, 2.45) is 5.10 Å². The molecule has 1 aromatic heterocycles. The first-order valence-electron chi connectivity index (χ1n) is 9.72. The maximum absolute atomic E-state index is 12.6. The van der Waals surface area contributed by atoms with E-state index in [2.05, 4.69) is 65.6 Å². The van der Waals surface area contributed by atoms with E-state index in [1.807, 2.05) is 36.4 Å². The zero-order valence-electron chi connectivity index (χ0n) is 16.9. The average molecular weight is 579 g/mol. The van der Waals surface area contributed by atoms with E-state index in [-0.39, 0.29) is 5.82 Å². The number of fused-ring (bicyclic) bond motifs is 1. The monoisotopic (exact) mass is 577 g/mol. The van der Waals surface area contributed by atoms with E-state index in [0.717, 1.165) is 43.1 Å². The molecular formula is C24H16Br2F3N3O. The topological polar surface area (TPSA) is 46.5 Å². The first-order valence-corrected chi connectivity index (χ1v) is 11.3. The summed E-state index contributed by atoms with van der Waals surface area (Å²) in [5.41, 5.74) is 3.62. The fraction of sp³-hybridized carbons (Fsp3) is 0.0833. The zero-order chi connectivity index (χ0) is 23.4. The Balaban J connectivity index is 1.43. The second-order valence-electron chi connectivity index (χ2n) is 7.04. The number of rotatable bonds is 6. The maximum atomic E-state index is 12.6. The maximum Gasteiger partial charge on any atom is 0.417 e. The van der Waals surface area contributed by atoms with Crippen LogP contribution in [0.2, 0.25) is 0 Å². The van der Waals surface area contributed by atoms with E-state index in [4.69, 9.17) is 4.74 Å². The summed E-state index contributed by atoms with van der Waals surface area (Å²) in [5.74, 6) is 0.852. The van der Waals surface area contributed by atoms with Crippen molar-refractivity contribution in [1.29, 1.82) is 0 Å². The lowest BCUT2D eigenvalue weighted by Gasteiger charge is -2.13. The highest BCUT2D eigenvalue weighted by Gasteiger charge is 2.30. The van der Waals surface area contributed by atoms with Crippen molar-refractivity contribution in [3.8, 4) is 5.75 Å². The molecule has 9 heteroatoms. The van der Waals surface area contributed by atoms with Gasteiger partial charge >= 0.3 is 6.18 Å². The van der Waals surface area contributed by atoms with Crippen molar-refractivity contribution in [2.45, 2.75) is 12.8 Å². The van der Waals surface area contributed by atoms with Gasteiger partial charge in [0.05, 0.1) is 20.7 Å². The van der Waals surface area contributed by atoms with E-state index in [1.54, 1.807) is 0 Å². The summed E-state index contributed by atoms with van der Waals surface area (Å²) in [7, 11) is 0. The minimum absolute atomic E-state index is 0.201. The summed E-state index contributed by atoms with van der Waals surface area (Å²) in [6.45, 7) is 0.396. The van der Waals surface area contributed by atoms with Gasteiger partial charge in [0.2, 0.25) is 0 Å². The first kappa shape index (κ1) is 23.3. The van der Waals surface area contributed by atoms with Crippen LogP contribution in [0.25, 0.3) is 10.8 Å². The summed E-state index contributed by atoms with van der Waals surface area (Å²) in [6, 6.07) is 20.0. The van der Waals surface area contributed by atoms with Crippen LogP contribution < -0.4 is 10.2 Å². The van der Waals surface area contributed by atoms with Crippen LogP contribution in [-0.2, 0) is 12.8 Å². The van der Waals surface area contributed by atoms with Gasteiger partial charge in [-0.3, -0.25) is 5.43 Å². The van der Waals surface area contributed by atoms with Crippen LogP contribution in [0.15, 0.2) is 87.0 Å². The van der Waals surface area contributed by atoms with Crippen molar-refractivity contribution in [3.05, 3.63) is 98.6 Å². The van der Waals surface area contributed by atoms with Crippen LogP contribution in [0.1, 0.15) is 16.7 Å². The van der Waals surface area contributed by atoms with E-state index in [0.29, 0.717) is 12.4 Å². The Labute approximate surface area is 204 Å². The molecule has 0 aliphatic heterocycles. The molecule has 4 nitrogen and oxygen atoms in total. The van der Waals surface area contributed by atoms with Gasteiger partial charge in [-0.1, -0.05) is 42.5 Å². The van der Waals surface area contributed by atoms with Crippen LogP contribution in [-0.4, -0.2) is 11.2 Å². The Morgan fingerprint density at radius 2 is 1.70 bits per heavy atom. The number of hydrazone groups is 1. The highest BCUT2D eigenvalue weighted by atomic mass is 79.9. The first-order chi connectivity index (χ1) is 15.8. The number of hydrogen-bond acceptors (Lipinski definition) is 4. The minimum atomic E-state index is -4.43. The normalized spacial score (nSPS) is 11.8. The molecule has 1 heterocycles. The van der Waals surface area contributed by atoms with Gasteiger partial charge in [0.1, 0.15) is 18.2 Å². The van der Waals surface area contributed by atoms with Gasteiger partial charge in [-0.15, -0.1) is 0 Å². The number of benzene rings is 3. The summed E-state index contributed by atoms with van der Waals surface area (Å²) in [4.78, 5) is 3.72. The molecule has 0 fully saturated rings. The van der Waals surface area contributed by atoms with Gasteiger partial charge in [0.25, 0.3) is 0 Å². The SMILES string of the molecule is FC(F)(F)c1ccc(N/N=C\c2cc(Br)c(OCc3cccc4ccccc34)c(Br)c2)nc1. The molecule has 0 spiro atoms. The van der Waals surface area contributed by atoms with Crippen LogP contribution in [0.5, 0.6) is 5.75 Å². The van der Waals surface area contributed by atoms with Gasteiger partial charge in [0, 0.05) is 6.20 Å². The number of alkyl halides is 3. The second kappa shape index (κ2) is 9.93. The van der Waals surface area contributed by atoms with E-state index in [9.17, 15) is 13.2 Å². The summed E-state index contributed by atoms with van der Waals surface area (Å²) >= 11 is 7.06. The third-order valence-electron chi connectivity index (χ3n) is 4.76. The molecule has 0 atom stereocenters. The largest absolute Gasteiger partial charge is 0.487 e. The lowest BCUT2D eigenvalue weighted by Crippen LogP contribution is -2.05. The molecule has 0 aliphatic carbocycles. The lowest BCUT2D eigenvalue weighted by atomic mass is 10.1. The third-order valence-corrected chi connectivity index (χ3v) is 5.93. The number of aromatic nitrogens is 1. The smallest absolute Gasteiger partial charge is 0.417 e. The number of pyridine rings is 1. The van der Waals surface area contributed by atoms with Crippen molar-refractivity contribution in [1.82, 2.24) is 4.98 Å². The predicted octanol–water partition coefficient (Wildman–Crippen LogP) is 7.80. The molecule has 1 N–H and O–H groups in total. The molecule has 3 aromatic carbocycles. The molecule has 0 unspecified atom stereocenters. The minimum Gasteiger partial charge on any atom is -0.487 e. The number of halogens is 5. The van der Waals surface area contributed by atoms with E-state index in [1.165, 1.54) is 12.3 Å². The zero-order valence-corrected chi connectivity index (χ0v) is 20.1. The van der Waals surface area contributed by atoms with Crippen molar-refractivity contribution in [3.63, 3.8) is 0 Å². The number of nitrogens with zero attached hydrogens (tertiary/aromatic N) is 2. The number of anilines is 1. The Morgan fingerprint density at radius 3 is 2.39 bits per heavy atom. The van der Waals surface area contributed by atoms with Gasteiger partial charge in [-0.25, -0.2) is 4.98 Å². The second-order valence-corrected chi connectivity index (χ2v) is 8.75. The lowest BCUT2D eigenvalue weighted by molar-refractivity contribution is -0.137. The molecule has 33 heavy (non-hydrogen) atoms. The molecular weight excluding hydrogens is 563 g/mol. The van der Waals surface area contributed by atoms with Crippen LogP contribution in [0.4, 0.5) is 19.0 Å². The predicted molar refractivity (Wildman–Crippen MR) is 131 cm³/mol. The quantitative estimate of drug-likeness (QED) is 0.187. The average Bonchev–Trinajstić information content (AvgIpc) is 2.78. The Bertz CT molecular complexity index is 1280. The molecule has 0 radical (unpaired) electrons. The Kier molecular flexibility index (Phi) is 6.99. The van der Waals surface area contributed by atoms with Crippen LogP contribution in [0.3, 0.4) is 0 Å². The van der Waals surface area contributed by atoms with Gasteiger partial charge in [-0.2, -0.15) is 18.3 Å². The highest BCUT2D eigenvalue weighted by Crippen LogP contribution is 2.35. The highest BCUT2D eigenvalue weighted by molar-refractivity contribution is 9.11. The molecule has 168 valence electrons. The van der Waals surface area contributed by atoms with Crippen molar-refractivity contribution >= 4 is 54.7 Å². The number of hydrogen-bond donors (Lipinski definition) is 1. The summed E-state index contributed by atoms with van der Waals surface area (Å²) in [5, 5.41) is 6.33. The van der Waals surface area contributed by atoms with Gasteiger partial charge in [-0.05, 0) is 78.0 Å². The van der Waals surface area contributed by atoms with E-state index >= 15 is 0 Å².